The van der Waals surface area contributed by atoms with Gasteiger partial charge in [0.05, 0.1) is 0 Å². The van der Waals surface area contributed by atoms with E-state index in [0.717, 1.165) is 0 Å². The summed E-state index contributed by atoms with van der Waals surface area (Å²) >= 11 is 0. The molecule has 0 spiro atoms. The number of carbonyl (C=O) groups is 1. The summed E-state index contributed by atoms with van der Waals surface area (Å²) in [6.07, 6.45) is 1.43. The molecule has 3 heteroatoms. The summed E-state index contributed by atoms with van der Waals surface area (Å²) in [6.45, 7) is 1.53. The molecule has 3 nitrogen and oxygen atoms in total. The van der Waals surface area contributed by atoms with Crippen molar-refractivity contribution in [3.8, 4) is 0 Å². The van der Waals surface area contributed by atoms with Crippen molar-refractivity contribution in [1.82, 2.24) is 5.32 Å². The molecule has 0 aromatic heterocycles. The second kappa shape index (κ2) is 3.07. The topological polar surface area (TPSA) is 49.3 Å². The Labute approximate surface area is 48.0 Å². The number of hydrogen-bond acceptors (Lipinski definition) is 2. The fourth-order valence-corrected chi connectivity index (χ4v) is 0.278. The highest BCUT2D eigenvalue weighted by Crippen LogP contribution is 1.86. The minimum atomic E-state index is -0.889. The summed E-state index contributed by atoms with van der Waals surface area (Å²) in [5, 5.41) is 10.8. The molecule has 0 saturated heterocycles. The average molecular weight is 115 g/mol. The van der Waals surface area contributed by atoms with E-state index in [1.165, 1.54) is 13.1 Å². The Morgan fingerprint density at radius 3 is 2.38 bits per heavy atom. The maximum absolute atomic E-state index is 9.98. The first-order valence-corrected chi connectivity index (χ1v) is 2.26. The molecule has 0 aliphatic rings. The van der Waals surface area contributed by atoms with Crippen LogP contribution >= 0.6 is 0 Å². The molecule has 0 amide bonds. The van der Waals surface area contributed by atoms with Crippen molar-refractivity contribution in [3.63, 3.8) is 0 Å². The van der Waals surface area contributed by atoms with Gasteiger partial charge in [-0.25, -0.2) is 4.79 Å². The van der Waals surface area contributed by atoms with Crippen LogP contribution in [0.3, 0.4) is 0 Å². The van der Waals surface area contributed by atoms with Crippen LogP contribution in [0.15, 0.2) is 11.8 Å². The van der Waals surface area contributed by atoms with Crippen molar-refractivity contribution >= 4 is 5.97 Å². The summed E-state index contributed by atoms with van der Waals surface area (Å²) in [4.78, 5) is 9.98. The zero-order valence-corrected chi connectivity index (χ0v) is 4.93. The second-order valence-corrected chi connectivity index (χ2v) is 1.42. The Kier molecular flexibility index (Phi) is 2.69. The fraction of sp³-hybridized carbons (Fsp3) is 0.400. The number of aliphatic carboxylic acids is 1. The van der Waals surface area contributed by atoms with E-state index in [-0.39, 0.29) is 0 Å². The molecule has 0 atom stereocenters. The highest BCUT2D eigenvalue weighted by atomic mass is 16.4. The molecule has 0 bridgehead atoms. The molecular weight excluding hydrogens is 106 g/mol. The molecule has 2 N–H and O–H groups in total. The lowest BCUT2D eigenvalue weighted by Gasteiger charge is -1.89. The standard InChI is InChI=1S/C5H9NO2/c1-4(3-6-2)5(7)8/h3,6H,1-2H3,(H,7,8). The van der Waals surface area contributed by atoms with Crippen molar-refractivity contribution in [3.05, 3.63) is 11.8 Å². The van der Waals surface area contributed by atoms with Crippen LogP contribution in [0.5, 0.6) is 0 Å². The Balaban J connectivity index is 3.80. The van der Waals surface area contributed by atoms with Gasteiger partial charge in [0.15, 0.2) is 0 Å². The van der Waals surface area contributed by atoms with Gasteiger partial charge in [-0.1, -0.05) is 0 Å². The van der Waals surface area contributed by atoms with E-state index in [4.69, 9.17) is 5.11 Å². The van der Waals surface area contributed by atoms with Crippen molar-refractivity contribution in [2.45, 2.75) is 6.92 Å². The lowest BCUT2D eigenvalue weighted by Crippen LogP contribution is -2.02. The summed E-state index contributed by atoms with van der Waals surface area (Å²) in [6, 6.07) is 0. The minimum absolute atomic E-state index is 0.313. The first-order valence-electron chi connectivity index (χ1n) is 2.26. The summed E-state index contributed by atoms with van der Waals surface area (Å²) < 4.78 is 0. The van der Waals surface area contributed by atoms with Gasteiger partial charge in [-0.05, 0) is 6.92 Å². The molecule has 0 fully saturated rings. The normalized spacial score (nSPS) is 11.0. The smallest absolute Gasteiger partial charge is 0.332 e. The van der Waals surface area contributed by atoms with Crippen LogP contribution in [0.4, 0.5) is 0 Å². The molecule has 0 radical (unpaired) electrons. The van der Waals surface area contributed by atoms with Gasteiger partial charge in [0.1, 0.15) is 0 Å². The fourth-order valence-electron chi connectivity index (χ4n) is 0.278. The van der Waals surface area contributed by atoms with Gasteiger partial charge in [-0.15, -0.1) is 0 Å². The Hall–Kier alpha value is -0.990. The molecular formula is C5H9NO2. The predicted octanol–water partition coefficient (Wildman–Crippen LogP) is 0.194. The zero-order chi connectivity index (χ0) is 6.57. The van der Waals surface area contributed by atoms with Gasteiger partial charge in [0.2, 0.25) is 0 Å². The van der Waals surface area contributed by atoms with Gasteiger partial charge in [-0.2, -0.15) is 0 Å². The van der Waals surface area contributed by atoms with Crippen LogP contribution in [0, 0.1) is 0 Å². The number of carboxylic acids is 1. The molecule has 0 saturated carbocycles. The van der Waals surface area contributed by atoms with E-state index in [1.807, 2.05) is 0 Å². The second-order valence-electron chi connectivity index (χ2n) is 1.42. The SMILES string of the molecule is CNC=C(C)C(=O)O. The van der Waals surface area contributed by atoms with E-state index in [0.29, 0.717) is 5.57 Å². The number of rotatable bonds is 2. The van der Waals surface area contributed by atoms with Crippen LogP contribution in [0.1, 0.15) is 6.92 Å². The van der Waals surface area contributed by atoms with Crippen molar-refractivity contribution in [2.24, 2.45) is 0 Å². The third kappa shape index (κ3) is 2.23. The van der Waals surface area contributed by atoms with E-state index in [1.54, 1.807) is 7.05 Å². The monoisotopic (exact) mass is 115 g/mol. The maximum Gasteiger partial charge on any atom is 0.332 e. The van der Waals surface area contributed by atoms with Crippen molar-refractivity contribution in [1.29, 1.82) is 0 Å². The Bertz CT molecular complexity index is 118. The van der Waals surface area contributed by atoms with Gasteiger partial charge >= 0.3 is 5.97 Å². The van der Waals surface area contributed by atoms with Gasteiger partial charge < -0.3 is 10.4 Å². The summed E-state index contributed by atoms with van der Waals surface area (Å²) in [7, 11) is 1.66. The van der Waals surface area contributed by atoms with Gasteiger partial charge in [0.25, 0.3) is 0 Å². The van der Waals surface area contributed by atoms with Crippen LogP contribution in [-0.4, -0.2) is 18.1 Å². The van der Waals surface area contributed by atoms with Crippen molar-refractivity contribution < 1.29 is 9.90 Å². The van der Waals surface area contributed by atoms with Crippen LogP contribution in [-0.2, 0) is 4.79 Å². The molecule has 0 rings (SSSR count). The Morgan fingerprint density at radius 2 is 2.25 bits per heavy atom. The lowest BCUT2D eigenvalue weighted by atomic mass is 10.3. The zero-order valence-electron chi connectivity index (χ0n) is 4.93. The predicted molar refractivity (Wildman–Crippen MR) is 30.5 cm³/mol. The molecule has 0 aliphatic carbocycles. The number of carboxylic acid groups (broad SMARTS) is 1. The quantitative estimate of drug-likeness (QED) is 0.505. The summed E-state index contributed by atoms with van der Waals surface area (Å²) in [5.74, 6) is -0.889. The molecule has 0 aliphatic heterocycles. The van der Waals surface area contributed by atoms with Crippen LogP contribution < -0.4 is 5.32 Å². The molecule has 0 aromatic rings. The Morgan fingerprint density at radius 1 is 1.75 bits per heavy atom. The maximum atomic E-state index is 9.98. The van der Waals surface area contributed by atoms with E-state index in [2.05, 4.69) is 5.32 Å². The van der Waals surface area contributed by atoms with Crippen molar-refractivity contribution in [2.75, 3.05) is 7.05 Å². The highest BCUT2D eigenvalue weighted by Gasteiger charge is 1.95. The number of nitrogens with one attached hydrogen (secondary N) is 1. The molecule has 0 unspecified atom stereocenters. The van der Waals surface area contributed by atoms with E-state index in [9.17, 15) is 4.79 Å². The van der Waals surface area contributed by atoms with Crippen LogP contribution in [0.25, 0.3) is 0 Å². The van der Waals surface area contributed by atoms with E-state index < -0.39 is 5.97 Å². The minimum Gasteiger partial charge on any atom is -0.478 e. The highest BCUT2D eigenvalue weighted by molar-refractivity contribution is 5.85. The third-order valence-corrected chi connectivity index (χ3v) is 0.698. The summed E-state index contributed by atoms with van der Waals surface area (Å²) in [5.41, 5.74) is 0.313. The molecule has 0 heterocycles. The average Bonchev–Trinajstić information content (AvgIpc) is 1.67. The van der Waals surface area contributed by atoms with Crippen LogP contribution in [0.2, 0.25) is 0 Å². The first kappa shape index (κ1) is 7.01. The molecule has 8 heavy (non-hydrogen) atoms. The lowest BCUT2D eigenvalue weighted by molar-refractivity contribution is -0.132. The van der Waals surface area contributed by atoms with Gasteiger partial charge in [-0.3, -0.25) is 0 Å². The van der Waals surface area contributed by atoms with Gasteiger partial charge in [0, 0.05) is 18.8 Å². The third-order valence-electron chi connectivity index (χ3n) is 0.698. The van der Waals surface area contributed by atoms with E-state index >= 15 is 0 Å². The molecule has 46 valence electrons. The number of hydrogen-bond donors (Lipinski definition) is 2. The molecule has 0 aromatic carbocycles. The largest absolute Gasteiger partial charge is 0.478 e. The first-order chi connectivity index (χ1) is 3.68.